The lowest BCUT2D eigenvalue weighted by molar-refractivity contribution is -0.138. The summed E-state index contributed by atoms with van der Waals surface area (Å²) in [6.45, 7) is -0.205. The van der Waals surface area contributed by atoms with E-state index >= 15 is 0 Å². The normalized spacial score (nSPS) is 16.4. The second-order valence-corrected chi connectivity index (χ2v) is 9.02. The second-order valence-electron chi connectivity index (χ2n) is 9.02. The van der Waals surface area contributed by atoms with Gasteiger partial charge in [-0.2, -0.15) is 13.2 Å². The number of hydrogen-bond donors (Lipinski definition) is 2. The SMILES string of the molecule is [N-]=[N+]=Nc1ccccc1C[C@]1(C(=O)NCc2ccccc2C(F)(F)F)COC(c2ccc(OCCCO)cc2)=N1. The van der Waals surface area contributed by atoms with Gasteiger partial charge in [0.1, 0.15) is 12.4 Å². The molecule has 1 aliphatic rings. The molecule has 0 aromatic heterocycles. The number of amides is 1. The maximum absolute atomic E-state index is 13.6. The highest BCUT2D eigenvalue weighted by Gasteiger charge is 2.45. The summed E-state index contributed by atoms with van der Waals surface area (Å²) in [5, 5.41) is 15.2. The smallest absolute Gasteiger partial charge is 0.416 e. The number of aliphatic hydroxyl groups excluding tert-OH is 1. The van der Waals surface area contributed by atoms with Crippen LogP contribution in [0.1, 0.15) is 28.7 Å². The van der Waals surface area contributed by atoms with E-state index < -0.39 is 23.2 Å². The van der Waals surface area contributed by atoms with Crippen molar-refractivity contribution < 1.29 is 32.5 Å². The molecule has 40 heavy (non-hydrogen) atoms. The van der Waals surface area contributed by atoms with E-state index in [2.05, 4.69) is 20.3 Å². The van der Waals surface area contributed by atoms with Crippen LogP contribution in [0.3, 0.4) is 0 Å². The number of rotatable bonds is 11. The van der Waals surface area contributed by atoms with Gasteiger partial charge >= 0.3 is 6.18 Å². The maximum atomic E-state index is 13.6. The molecule has 0 radical (unpaired) electrons. The zero-order chi connectivity index (χ0) is 28.6. The Bertz CT molecular complexity index is 1420. The van der Waals surface area contributed by atoms with Crippen LogP contribution in [-0.2, 0) is 28.7 Å². The summed E-state index contributed by atoms with van der Waals surface area (Å²) in [4.78, 5) is 21.1. The molecule has 12 heteroatoms. The van der Waals surface area contributed by atoms with Crippen molar-refractivity contribution in [2.75, 3.05) is 19.8 Å². The van der Waals surface area contributed by atoms with Crippen LogP contribution in [0.25, 0.3) is 10.4 Å². The highest BCUT2D eigenvalue weighted by molar-refractivity contribution is 6.00. The molecule has 0 fully saturated rings. The fourth-order valence-electron chi connectivity index (χ4n) is 4.24. The Morgan fingerprint density at radius 1 is 1.10 bits per heavy atom. The molecule has 208 valence electrons. The molecule has 0 spiro atoms. The van der Waals surface area contributed by atoms with Gasteiger partial charge in [-0.25, -0.2) is 4.99 Å². The first-order valence-electron chi connectivity index (χ1n) is 12.4. The molecule has 2 N–H and O–H groups in total. The minimum Gasteiger partial charge on any atom is -0.494 e. The average Bonchev–Trinajstić information content (AvgIpc) is 3.38. The largest absolute Gasteiger partial charge is 0.494 e. The van der Waals surface area contributed by atoms with E-state index in [1.54, 1.807) is 48.5 Å². The van der Waals surface area contributed by atoms with Crippen molar-refractivity contribution in [2.24, 2.45) is 10.1 Å². The Labute approximate surface area is 227 Å². The van der Waals surface area contributed by atoms with Gasteiger partial charge in [0.15, 0.2) is 5.54 Å². The number of benzene rings is 3. The summed E-state index contributed by atoms with van der Waals surface area (Å²) >= 11 is 0. The van der Waals surface area contributed by atoms with Crippen LogP contribution in [0.2, 0.25) is 0 Å². The third-order valence-corrected chi connectivity index (χ3v) is 6.25. The van der Waals surface area contributed by atoms with Crippen molar-refractivity contribution in [3.05, 3.63) is 105 Å². The number of aliphatic imine (C=N–C) groups is 1. The van der Waals surface area contributed by atoms with Crippen molar-refractivity contribution in [3.63, 3.8) is 0 Å². The van der Waals surface area contributed by atoms with Gasteiger partial charge in [0, 0.05) is 42.2 Å². The number of aliphatic hydroxyl groups is 1. The van der Waals surface area contributed by atoms with Crippen LogP contribution in [0.5, 0.6) is 5.75 Å². The molecule has 0 saturated carbocycles. The molecular formula is C28H26F3N5O4. The lowest BCUT2D eigenvalue weighted by atomic mass is 9.90. The van der Waals surface area contributed by atoms with Gasteiger partial charge in [0.2, 0.25) is 5.90 Å². The van der Waals surface area contributed by atoms with Crippen LogP contribution in [-0.4, -0.2) is 42.3 Å². The fraction of sp³-hybridized carbons (Fsp3) is 0.286. The third-order valence-electron chi connectivity index (χ3n) is 6.25. The Morgan fingerprint density at radius 2 is 1.80 bits per heavy atom. The average molecular weight is 554 g/mol. The summed E-state index contributed by atoms with van der Waals surface area (Å²) in [7, 11) is 0. The number of hydrogen-bond acceptors (Lipinski definition) is 6. The number of halogens is 3. The molecule has 1 aliphatic heterocycles. The first-order chi connectivity index (χ1) is 19.3. The standard InChI is InChI=1S/C28H26F3N5O4/c29-28(30,31)23-8-3-1-7-21(23)17-33-26(38)27(16-20-6-2-4-9-24(20)35-36-32)18-40-25(34-27)19-10-12-22(13-11-19)39-15-5-14-37/h1-4,6-13,37H,5,14-18H2,(H,33,38)/t27-/m1/s1. The van der Waals surface area contributed by atoms with Crippen LogP contribution >= 0.6 is 0 Å². The lowest BCUT2D eigenvalue weighted by Gasteiger charge is -2.24. The number of nitrogens with one attached hydrogen (secondary N) is 1. The number of alkyl halides is 3. The summed E-state index contributed by atoms with van der Waals surface area (Å²) in [6.07, 6.45) is -4.12. The van der Waals surface area contributed by atoms with Gasteiger partial charge in [-0.1, -0.05) is 47.6 Å². The van der Waals surface area contributed by atoms with Crippen LogP contribution in [0.4, 0.5) is 18.9 Å². The van der Waals surface area contributed by atoms with E-state index in [1.807, 2.05) is 0 Å². The van der Waals surface area contributed by atoms with Gasteiger partial charge in [-0.15, -0.1) is 0 Å². The van der Waals surface area contributed by atoms with E-state index in [1.165, 1.54) is 18.2 Å². The fourth-order valence-corrected chi connectivity index (χ4v) is 4.24. The minimum absolute atomic E-state index is 0.0114. The van der Waals surface area contributed by atoms with Gasteiger partial charge in [0.05, 0.1) is 12.2 Å². The van der Waals surface area contributed by atoms with E-state index in [0.717, 1.165) is 6.07 Å². The summed E-state index contributed by atoms with van der Waals surface area (Å²) in [5.74, 6) is 0.111. The molecule has 0 aliphatic carbocycles. The quantitative estimate of drug-likeness (QED) is 0.141. The van der Waals surface area contributed by atoms with E-state index in [4.69, 9.17) is 20.1 Å². The molecule has 1 heterocycles. The minimum atomic E-state index is -4.58. The summed E-state index contributed by atoms with van der Waals surface area (Å²) in [5.41, 5.74) is 7.88. The Hall–Kier alpha value is -4.54. The lowest BCUT2D eigenvalue weighted by Crippen LogP contribution is -2.48. The number of azide groups is 1. The van der Waals surface area contributed by atoms with Crippen LogP contribution in [0, 0.1) is 0 Å². The number of nitrogens with zero attached hydrogens (tertiary/aromatic N) is 4. The van der Waals surface area contributed by atoms with Crippen LogP contribution in [0.15, 0.2) is 82.9 Å². The number of carbonyl (C=O) groups is 1. The monoisotopic (exact) mass is 553 g/mol. The molecular weight excluding hydrogens is 527 g/mol. The van der Waals surface area contributed by atoms with E-state index in [9.17, 15) is 18.0 Å². The topological polar surface area (TPSA) is 129 Å². The Morgan fingerprint density at radius 3 is 2.50 bits per heavy atom. The maximum Gasteiger partial charge on any atom is 0.416 e. The molecule has 3 aromatic rings. The Kier molecular flexibility index (Phi) is 8.93. The first-order valence-corrected chi connectivity index (χ1v) is 12.4. The van der Waals surface area contributed by atoms with Crippen molar-refractivity contribution in [3.8, 4) is 5.75 Å². The van der Waals surface area contributed by atoms with Gasteiger partial charge in [-0.05, 0) is 47.0 Å². The van der Waals surface area contributed by atoms with Crippen molar-refractivity contribution in [2.45, 2.75) is 31.1 Å². The molecule has 1 atom stereocenters. The number of ether oxygens (including phenoxy) is 2. The highest BCUT2D eigenvalue weighted by Crippen LogP contribution is 2.33. The predicted octanol–water partition coefficient (Wildman–Crippen LogP) is 5.48. The van der Waals surface area contributed by atoms with Gasteiger partial charge < -0.3 is 19.9 Å². The van der Waals surface area contributed by atoms with Gasteiger partial charge in [-0.3, -0.25) is 4.79 Å². The van der Waals surface area contributed by atoms with Crippen molar-refractivity contribution in [1.29, 1.82) is 0 Å². The Balaban J connectivity index is 1.63. The molecule has 9 nitrogen and oxygen atoms in total. The molecule has 3 aromatic carbocycles. The second kappa shape index (κ2) is 12.5. The molecule has 1 amide bonds. The molecule has 0 unspecified atom stereocenters. The van der Waals surface area contributed by atoms with Crippen molar-refractivity contribution in [1.82, 2.24) is 5.32 Å². The summed E-state index contributed by atoms with van der Waals surface area (Å²) < 4.78 is 51.9. The van der Waals surface area contributed by atoms with Gasteiger partial charge in [0.25, 0.3) is 5.91 Å². The van der Waals surface area contributed by atoms with E-state index in [0.29, 0.717) is 35.6 Å². The zero-order valence-corrected chi connectivity index (χ0v) is 21.3. The first kappa shape index (κ1) is 28.5. The predicted molar refractivity (Wildman–Crippen MR) is 141 cm³/mol. The molecule has 4 rings (SSSR count). The molecule has 0 bridgehead atoms. The van der Waals surface area contributed by atoms with Crippen molar-refractivity contribution >= 4 is 17.5 Å². The van der Waals surface area contributed by atoms with E-state index in [-0.39, 0.29) is 37.6 Å². The summed E-state index contributed by atoms with van der Waals surface area (Å²) in [6, 6.07) is 18.5. The zero-order valence-electron chi connectivity index (χ0n) is 21.3. The highest BCUT2D eigenvalue weighted by atomic mass is 19.4. The number of carbonyl (C=O) groups excluding carboxylic acids is 1. The third kappa shape index (κ3) is 6.71. The van der Waals surface area contributed by atoms with Crippen LogP contribution < -0.4 is 10.1 Å². The molecule has 0 saturated heterocycles.